The van der Waals surface area contributed by atoms with Gasteiger partial charge in [0.2, 0.25) is 0 Å². The zero-order chi connectivity index (χ0) is 18.9. The Labute approximate surface area is 151 Å². The highest BCUT2D eigenvalue weighted by atomic mass is 16.6. The van der Waals surface area contributed by atoms with Gasteiger partial charge in [0, 0.05) is 25.7 Å². The third-order valence-electron chi connectivity index (χ3n) is 3.95. The molecule has 1 N–H and O–H groups in total. The number of unbranched alkanes of at least 4 members (excludes halogenated alkanes) is 1. The fourth-order valence-electron chi connectivity index (χ4n) is 2.54. The number of ether oxygens (including phenoxy) is 2. The van der Waals surface area contributed by atoms with Crippen molar-refractivity contribution < 1.29 is 24.0 Å². The molecule has 0 bridgehead atoms. The van der Waals surface area contributed by atoms with Crippen LogP contribution in [0.3, 0.4) is 0 Å². The number of anilines is 1. The zero-order valence-electron chi connectivity index (χ0n) is 14.7. The van der Waals surface area contributed by atoms with E-state index in [1.54, 1.807) is 0 Å². The van der Waals surface area contributed by atoms with Crippen LogP contribution in [0, 0.1) is 10.1 Å². The predicted molar refractivity (Wildman–Crippen MR) is 94.3 cm³/mol. The highest BCUT2D eigenvalue weighted by Crippen LogP contribution is 2.30. The highest BCUT2D eigenvalue weighted by molar-refractivity contribution is 5.93. The topological polar surface area (TPSA) is 111 Å². The Morgan fingerprint density at radius 2 is 2.08 bits per heavy atom. The number of morpholine rings is 1. The van der Waals surface area contributed by atoms with Crippen LogP contribution in [0.5, 0.6) is 0 Å². The molecule has 1 aromatic carbocycles. The number of rotatable bonds is 8. The molecule has 0 aromatic heterocycles. The molecule has 1 heterocycles. The fourth-order valence-corrected chi connectivity index (χ4v) is 2.54. The van der Waals surface area contributed by atoms with Gasteiger partial charge in [0.25, 0.3) is 11.6 Å². The third-order valence-corrected chi connectivity index (χ3v) is 3.95. The van der Waals surface area contributed by atoms with Gasteiger partial charge in [-0.05, 0) is 18.6 Å². The molecule has 0 aliphatic carbocycles. The highest BCUT2D eigenvalue weighted by Gasteiger charge is 2.24. The second kappa shape index (κ2) is 9.71. The minimum atomic E-state index is -0.771. The van der Waals surface area contributed by atoms with E-state index in [2.05, 4.69) is 5.32 Å². The molecule has 0 unspecified atom stereocenters. The van der Waals surface area contributed by atoms with Crippen LogP contribution in [0.1, 0.15) is 30.1 Å². The molecule has 1 saturated heterocycles. The molecule has 9 nitrogen and oxygen atoms in total. The van der Waals surface area contributed by atoms with Crippen LogP contribution in [-0.2, 0) is 14.3 Å². The summed E-state index contributed by atoms with van der Waals surface area (Å²) in [4.78, 5) is 36.4. The van der Waals surface area contributed by atoms with Crippen molar-refractivity contribution in [1.82, 2.24) is 5.32 Å². The van der Waals surface area contributed by atoms with Gasteiger partial charge in [-0.15, -0.1) is 0 Å². The number of benzene rings is 1. The number of hydrogen-bond acceptors (Lipinski definition) is 7. The van der Waals surface area contributed by atoms with E-state index >= 15 is 0 Å². The standard InChI is InChI=1S/C17H23N3O6/c1-2-3-6-18-16(21)12-26-17(22)13-4-5-14(15(11-13)20(23)24)19-7-9-25-10-8-19/h4-5,11H,2-3,6-10,12H2,1H3,(H,18,21). The van der Waals surface area contributed by atoms with Crippen LogP contribution in [-0.4, -0.2) is 56.3 Å². The lowest BCUT2D eigenvalue weighted by atomic mass is 10.1. The summed E-state index contributed by atoms with van der Waals surface area (Å²) >= 11 is 0. The predicted octanol–water partition coefficient (Wildman–Crippen LogP) is 1.50. The van der Waals surface area contributed by atoms with Crippen molar-refractivity contribution in [2.45, 2.75) is 19.8 Å². The Bertz CT molecular complexity index is 658. The molecule has 9 heteroatoms. The molecule has 2 rings (SSSR count). The summed E-state index contributed by atoms with van der Waals surface area (Å²) in [6, 6.07) is 4.18. The van der Waals surface area contributed by atoms with Crippen molar-refractivity contribution in [3.63, 3.8) is 0 Å². The minimum absolute atomic E-state index is 0.0371. The van der Waals surface area contributed by atoms with E-state index in [1.807, 2.05) is 11.8 Å². The average molecular weight is 365 g/mol. The Kier molecular flexibility index (Phi) is 7.34. The van der Waals surface area contributed by atoms with Crippen molar-refractivity contribution >= 4 is 23.3 Å². The number of hydrogen-bond donors (Lipinski definition) is 1. The summed E-state index contributed by atoms with van der Waals surface area (Å²) in [6.45, 7) is 4.18. The van der Waals surface area contributed by atoms with E-state index < -0.39 is 23.4 Å². The smallest absolute Gasteiger partial charge is 0.338 e. The van der Waals surface area contributed by atoms with Crippen molar-refractivity contribution in [2.75, 3.05) is 44.4 Å². The van der Waals surface area contributed by atoms with Crippen molar-refractivity contribution in [2.24, 2.45) is 0 Å². The number of carbonyl (C=O) groups is 2. The first-order valence-electron chi connectivity index (χ1n) is 8.58. The number of nitrogens with zero attached hydrogens (tertiary/aromatic N) is 2. The molecule has 1 aliphatic rings. The molecule has 0 spiro atoms. The van der Waals surface area contributed by atoms with Crippen molar-refractivity contribution in [1.29, 1.82) is 0 Å². The first-order valence-corrected chi connectivity index (χ1v) is 8.58. The summed E-state index contributed by atoms with van der Waals surface area (Å²) in [5.41, 5.74) is 0.302. The maximum atomic E-state index is 12.1. The number of amides is 1. The summed E-state index contributed by atoms with van der Waals surface area (Å²) < 4.78 is 10.2. The fraction of sp³-hybridized carbons (Fsp3) is 0.529. The van der Waals surface area contributed by atoms with Gasteiger partial charge in [0.1, 0.15) is 5.69 Å². The lowest BCUT2D eigenvalue weighted by Gasteiger charge is -2.28. The van der Waals surface area contributed by atoms with E-state index in [4.69, 9.17) is 9.47 Å². The second-order valence-corrected chi connectivity index (χ2v) is 5.84. The molecular weight excluding hydrogens is 342 g/mol. The normalized spacial score (nSPS) is 14.0. The Hall–Kier alpha value is -2.68. The number of nitrogens with one attached hydrogen (secondary N) is 1. The number of nitro benzene ring substituents is 1. The summed E-state index contributed by atoms with van der Waals surface area (Å²) in [7, 11) is 0. The Morgan fingerprint density at radius 1 is 1.35 bits per heavy atom. The first kappa shape index (κ1) is 19.6. The van der Waals surface area contributed by atoms with E-state index in [0.717, 1.165) is 12.8 Å². The largest absolute Gasteiger partial charge is 0.452 e. The molecule has 0 radical (unpaired) electrons. The Balaban J connectivity index is 2.02. The summed E-state index contributed by atoms with van der Waals surface area (Å²) in [5, 5.41) is 14.0. The van der Waals surface area contributed by atoms with Crippen LogP contribution >= 0.6 is 0 Å². The quantitative estimate of drug-likeness (QED) is 0.322. The van der Waals surface area contributed by atoms with Gasteiger partial charge in [-0.3, -0.25) is 14.9 Å². The first-order chi connectivity index (χ1) is 12.5. The molecule has 1 fully saturated rings. The molecule has 142 valence electrons. The number of nitro groups is 1. The monoisotopic (exact) mass is 365 g/mol. The summed E-state index contributed by atoms with van der Waals surface area (Å²) in [5.74, 6) is -1.17. The number of carbonyl (C=O) groups excluding carboxylic acids is 2. The van der Waals surface area contributed by atoms with Gasteiger partial charge in [-0.25, -0.2) is 4.79 Å². The third kappa shape index (κ3) is 5.41. The molecule has 0 saturated carbocycles. The van der Waals surface area contributed by atoms with Crippen LogP contribution in [0.4, 0.5) is 11.4 Å². The lowest BCUT2D eigenvalue weighted by Crippen LogP contribution is -2.36. The van der Waals surface area contributed by atoms with E-state index in [0.29, 0.717) is 38.5 Å². The molecule has 1 aromatic rings. The number of esters is 1. The van der Waals surface area contributed by atoms with E-state index in [9.17, 15) is 19.7 Å². The molecule has 26 heavy (non-hydrogen) atoms. The van der Waals surface area contributed by atoms with Gasteiger partial charge < -0.3 is 19.7 Å². The zero-order valence-corrected chi connectivity index (χ0v) is 14.7. The minimum Gasteiger partial charge on any atom is -0.452 e. The molecule has 0 atom stereocenters. The molecular formula is C17H23N3O6. The maximum absolute atomic E-state index is 12.1. The van der Waals surface area contributed by atoms with Gasteiger partial charge in [-0.2, -0.15) is 0 Å². The SMILES string of the molecule is CCCCNC(=O)COC(=O)c1ccc(N2CCOCC2)c([N+](=O)[O-])c1. The van der Waals surface area contributed by atoms with Crippen LogP contribution in [0.15, 0.2) is 18.2 Å². The van der Waals surface area contributed by atoms with Crippen molar-refractivity contribution in [3.8, 4) is 0 Å². The van der Waals surface area contributed by atoms with Gasteiger partial charge in [0.15, 0.2) is 6.61 Å². The maximum Gasteiger partial charge on any atom is 0.338 e. The van der Waals surface area contributed by atoms with Crippen LogP contribution in [0.2, 0.25) is 0 Å². The van der Waals surface area contributed by atoms with Crippen molar-refractivity contribution in [3.05, 3.63) is 33.9 Å². The van der Waals surface area contributed by atoms with Crippen LogP contribution in [0.25, 0.3) is 0 Å². The molecule has 1 amide bonds. The van der Waals surface area contributed by atoms with Crippen LogP contribution < -0.4 is 10.2 Å². The molecule has 1 aliphatic heterocycles. The second-order valence-electron chi connectivity index (χ2n) is 5.84. The average Bonchev–Trinajstić information content (AvgIpc) is 2.66. The Morgan fingerprint density at radius 3 is 2.73 bits per heavy atom. The van der Waals surface area contributed by atoms with Gasteiger partial charge in [-0.1, -0.05) is 13.3 Å². The van der Waals surface area contributed by atoms with E-state index in [-0.39, 0.29) is 11.3 Å². The van der Waals surface area contributed by atoms with Gasteiger partial charge in [0.05, 0.1) is 23.7 Å². The van der Waals surface area contributed by atoms with Gasteiger partial charge >= 0.3 is 5.97 Å². The lowest BCUT2D eigenvalue weighted by molar-refractivity contribution is -0.384. The summed E-state index contributed by atoms with van der Waals surface area (Å²) in [6.07, 6.45) is 1.79. The van der Waals surface area contributed by atoms with E-state index in [1.165, 1.54) is 18.2 Å².